The molecule has 1 aliphatic carbocycles. The van der Waals surface area contributed by atoms with Crippen LogP contribution >= 0.6 is 0 Å². The summed E-state index contributed by atoms with van der Waals surface area (Å²) in [5, 5.41) is 12.3. The Labute approximate surface area is 261 Å². The second-order valence-electron chi connectivity index (χ2n) is 11.1. The van der Waals surface area contributed by atoms with Crippen molar-refractivity contribution in [3.8, 4) is 5.75 Å². The number of allylic oxidation sites excluding steroid dienone is 5. The van der Waals surface area contributed by atoms with Gasteiger partial charge in [-0.25, -0.2) is 9.78 Å². The zero-order chi connectivity index (χ0) is 31.1. The quantitative estimate of drug-likeness (QED) is 0.261. The molecule has 1 unspecified atom stereocenters. The highest BCUT2D eigenvalue weighted by molar-refractivity contribution is 5.98. The Balaban J connectivity index is 0.00000141. The molecule has 44 heavy (non-hydrogen) atoms. The molecule has 0 radical (unpaired) electrons. The smallest absolute Gasteiger partial charge is 0.335 e. The molecule has 1 aliphatic heterocycles. The van der Waals surface area contributed by atoms with Gasteiger partial charge in [0.2, 0.25) is 5.91 Å². The van der Waals surface area contributed by atoms with Crippen LogP contribution in [-0.2, 0) is 4.79 Å². The number of hydrogen-bond acceptors (Lipinski definition) is 5. The molecule has 0 saturated carbocycles. The third-order valence-electron chi connectivity index (χ3n) is 7.48. The van der Waals surface area contributed by atoms with Gasteiger partial charge < -0.3 is 20.1 Å². The number of piperidine rings is 1. The van der Waals surface area contributed by atoms with Crippen LogP contribution in [0.3, 0.4) is 0 Å². The molecule has 0 spiro atoms. The van der Waals surface area contributed by atoms with Gasteiger partial charge >= 0.3 is 5.97 Å². The highest BCUT2D eigenvalue weighted by atomic mass is 16.5. The van der Waals surface area contributed by atoms with Crippen molar-refractivity contribution < 1.29 is 19.4 Å². The van der Waals surface area contributed by atoms with Crippen LogP contribution in [0, 0.1) is 5.92 Å². The Kier molecular flexibility index (Phi) is 12.4. The van der Waals surface area contributed by atoms with E-state index in [1.807, 2.05) is 54.6 Å². The van der Waals surface area contributed by atoms with Crippen molar-refractivity contribution in [2.75, 3.05) is 29.9 Å². The first-order chi connectivity index (χ1) is 21.5. The summed E-state index contributed by atoms with van der Waals surface area (Å²) in [5.74, 6) is 0.374. The first-order valence-electron chi connectivity index (χ1n) is 15.5. The lowest BCUT2D eigenvalue weighted by Gasteiger charge is -2.32. The Hall–Kier alpha value is -4.65. The van der Waals surface area contributed by atoms with Crippen molar-refractivity contribution in [2.45, 2.75) is 51.9 Å². The van der Waals surface area contributed by atoms with Gasteiger partial charge in [-0.1, -0.05) is 87.0 Å². The van der Waals surface area contributed by atoms with E-state index in [2.05, 4.69) is 47.3 Å². The summed E-state index contributed by atoms with van der Waals surface area (Å²) in [5.41, 5.74) is 2.79. The highest BCUT2D eigenvalue weighted by Crippen LogP contribution is 2.29. The van der Waals surface area contributed by atoms with Crippen molar-refractivity contribution in [1.82, 2.24) is 4.98 Å². The molecule has 2 N–H and O–H groups in total. The minimum Gasteiger partial charge on any atom is -0.493 e. The number of pyridine rings is 1. The van der Waals surface area contributed by atoms with Gasteiger partial charge in [0, 0.05) is 13.1 Å². The number of carbonyl (C=O) groups is 2. The van der Waals surface area contributed by atoms with E-state index in [1.165, 1.54) is 6.42 Å². The van der Waals surface area contributed by atoms with Gasteiger partial charge in [0.1, 0.15) is 11.6 Å². The molecule has 2 aliphatic rings. The molecule has 0 bridgehead atoms. The molecule has 3 aromatic rings. The summed E-state index contributed by atoms with van der Waals surface area (Å²) in [4.78, 5) is 31.6. The highest BCUT2D eigenvalue weighted by Gasteiger charge is 2.25. The van der Waals surface area contributed by atoms with Crippen molar-refractivity contribution in [1.29, 1.82) is 0 Å². The van der Waals surface area contributed by atoms with Crippen LogP contribution in [0.15, 0.2) is 109 Å². The van der Waals surface area contributed by atoms with Crippen molar-refractivity contribution >= 4 is 23.4 Å². The molecular formula is C37H43N3O4. The lowest BCUT2D eigenvalue weighted by atomic mass is 9.88. The lowest BCUT2D eigenvalue weighted by molar-refractivity contribution is -0.116. The Bertz CT molecular complexity index is 1440. The predicted octanol–water partition coefficient (Wildman–Crippen LogP) is 8.05. The minimum atomic E-state index is -0.958. The average Bonchev–Trinajstić information content (AvgIpc) is 3.03. The van der Waals surface area contributed by atoms with Gasteiger partial charge in [0.25, 0.3) is 0 Å². The van der Waals surface area contributed by atoms with Gasteiger partial charge in [-0.05, 0) is 73.1 Å². The SMILES string of the molecule is CCC.O=C(O)c1cccc(OCC2CCN(c3ccc(NC(=O)C(C4=C/C=C\CC/C=C\4)c4ccccc4)cn3)CC2)c1. The fourth-order valence-corrected chi connectivity index (χ4v) is 5.20. The maximum absolute atomic E-state index is 13.6. The third-order valence-corrected chi connectivity index (χ3v) is 7.48. The van der Waals surface area contributed by atoms with Crippen LogP contribution in [-0.4, -0.2) is 41.7 Å². The van der Waals surface area contributed by atoms with Crippen LogP contribution in [0.1, 0.15) is 67.8 Å². The molecule has 7 heteroatoms. The zero-order valence-electron chi connectivity index (χ0n) is 25.7. The molecule has 1 atom stereocenters. The van der Waals surface area contributed by atoms with Crippen molar-refractivity contribution in [3.05, 3.63) is 120 Å². The largest absolute Gasteiger partial charge is 0.493 e. The molecule has 5 rings (SSSR count). The maximum Gasteiger partial charge on any atom is 0.335 e. The normalized spacial score (nSPS) is 18.2. The Morgan fingerprint density at radius 3 is 2.45 bits per heavy atom. The Morgan fingerprint density at radius 1 is 1.00 bits per heavy atom. The second kappa shape index (κ2) is 16.8. The number of rotatable bonds is 9. The molecule has 2 heterocycles. The first-order valence-corrected chi connectivity index (χ1v) is 15.5. The summed E-state index contributed by atoms with van der Waals surface area (Å²) in [6, 6.07) is 20.3. The Morgan fingerprint density at radius 2 is 1.75 bits per heavy atom. The number of benzene rings is 2. The second-order valence-corrected chi connectivity index (χ2v) is 11.1. The van der Waals surface area contributed by atoms with E-state index in [4.69, 9.17) is 4.74 Å². The van der Waals surface area contributed by atoms with Gasteiger partial charge in [0.05, 0.1) is 30.0 Å². The zero-order valence-corrected chi connectivity index (χ0v) is 25.7. The maximum atomic E-state index is 13.6. The number of anilines is 2. The molecule has 230 valence electrons. The predicted molar refractivity (Wildman–Crippen MR) is 177 cm³/mol. The van der Waals surface area contributed by atoms with E-state index >= 15 is 0 Å². The number of carboxylic acids is 1. The number of aromatic nitrogens is 1. The van der Waals surface area contributed by atoms with E-state index in [0.29, 0.717) is 24.0 Å². The van der Waals surface area contributed by atoms with Crippen molar-refractivity contribution in [3.63, 3.8) is 0 Å². The van der Waals surface area contributed by atoms with Crippen LogP contribution < -0.4 is 15.0 Å². The van der Waals surface area contributed by atoms with E-state index < -0.39 is 11.9 Å². The van der Waals surface area contributed by atoms with E-state index in [9.17, 15) is 14.7 Å². The topological polar surface area (TPSA) is 91.8 Å². The van der Waals surface area contributed by atoms with Gasteiger partial charge in [-0.3, -0.25) is 4.79 Å². The van der Waals surface area contributed by atoms with Gasteiger partial charge in [-0.2, -0.15) is 0 Å². The van der Waals surface area contributed by atoms with E-state index in [1.54, 1.807) is 30.5 Å². The number of hydrogen-bond donors (Lipinski definition) is 2. The number of nitrogens with zero attached hydrogens (tertiary/aromatic N) is 2. The van der Waals surface area contributed by atoms with Crippen LogP contribution in [0.2, 0.25) is 0 Å². The number of ether oxygens (including phenoxy) is 1. The number of carboxylic acid groups (broad SMARTS) is 1. The number of aromatic carboxylic acids is 1. The minimum absolute atomic E-state index is 0.0923. The van der Waals surface area contributed by atoms with Crippen LogP contribution in [0.25, 0.3) is 0 Å². The third kappa shape index (κ3) is 9.43. The van der Waals surface area contributed by atoms with Crippen molar-refractivity contribution in [2.24, 2.45) is 5.92 Å². The summed E-state index contributed by atoms with van der Waals surface area (Å²) in [7, 11) is 0. The van der Waals surface area contributed by atoms with Gasteiger partial charge in [-0.15, -0.1) is 0 Å². The van der Waals surface area contributed by atoms with Crippen LogP contribution in [0.5, 0.6) is 5.75 Å². The van der Waals surface area contributed by atoms with E-state index in [0.717, 1.165) is 55.7 Å². The fourth-order valence-electron chi connectivity index (χ4n) is 5.20. The summed E-state index contributed by atoms with van der Waals surface area (Å²) < 4.78 is 5.89. The molecular weight excluding hydrogens is 550 g/mol. The average molecular weight is 594 g/mol. The molecule has 7 nitrogen and oxygen atoms in total. The van der Waals surface area contributed by atoms with Crippen LogP contribution in [0.4, 0.5) is 11.5 Å². The first kappa shape index (κ1) is 32.3. The summed E-state index contributed by atoms with van der Waals surface area (Å²) in [6.45, 7) is 6.51. The lowest BCUT2D eigenvalue weighted by Crippen LogP contribution is -2.36. The molecule has 1 amide bonds. The van der Waals surface area contributed by atoms with E-state index in [-0.39, 0.29) is 11.5 Å². The number of carbonyl (C=O) groups excluding carboxylic acids is 1. The molecule has 2 aromatic carbocycles. The molecule has 1 aromatic heterocycles. The monoisotopic (exact) mass is 593 g/mol. The fraction of sp³-hybridized carbons (Fsp3) is 0.324. The summed E-state index contributed by atoms with van der Waals surface area (Å²) >= 11 is 0. The summed E-state index contributed by atoms with van der Waals surface area (Å²) in [6.07, 6.45) is 17.2. The standard InChI is InChI=1S/C34H35N3O4.C3H8/c38-33(32(27-12-7-4-8-13-27)26-10-5-2-1-3-6-11-26)36-29-16-17-31(35-23-29)37-20-18-25(19-21-37)24-41-30-15-9-14-28(22-30)34(39)40;1-3-2/h2,4-17,22-23,25,32H,1,3,18-21,24H2,(H,36,38)(H,39,40);3H2,1-2H3/b5-2-,11-6-,26-10+;. The van der Waals surface area contributed by atoms with Gasteiger partial charge in [0.15, 0.2) is 0 Å². The number of amides is 1. The molecule has 1 fully saturated rings. The molecule has 1 saturated heterocycles. The number of nitrogens with one attached hydrogen (secondary N) is 1.